The van der Waals surface area contributed by atoms with Gasteiger partial charge in [0.05, 0.1) is 24.7 Å². The highest BCUT2D eigenvalue weighted by atomic mass is 16.5. The van der Waals surface area contributed by atoms with Crippen molar-refractivity contribution in [3.8, 4) is 36.5 Å². The van der Waals surface area contributed by atoms with Crippen LogP contribution in [-0.4, -0.2) is 42.4 Å². The van der Waals surface area contributed by atoms with Gasteiger partial charge in [0.25, 0.3) is 0 Å². The first-order valence-electron chi connectivity index (χ1n) is 6.10. The topological polar surface area (TPSA) is 56.5 Å². The Labute approximate surface area is 119 Å². The van der Waals surface area contributed by atoms with Crippen LogP contribution in [0.4, 0.5) is 0 Å². The molecule has 0 aliphatic carbocycles. The summed E-state index contributed by atoms with van der Waals surface area (Å²) >= 11 is 0. The molecule has 1 aromatic rings. The van der Waals surface area contributed by atoms with Crippen LogP contribution in [0.25, 0.3) is 0 Å². The van der Waals surface area contributed by atoms with Gasteiger partial charge in [-0.3, -0.25) is 4.90 Å². The van der Waals surface area contributed by atoms with E-state index in [1.54, 1.807) is 29.2 Å². The number of aliphatic hydroxyl groups excluding tert-OH is 1. The molecule has 0 aromatic heterocycles. The maximum Gasteiger partial charge on any atom is 0.119 e. The summed E-state index contributed by atoms with van der Waals surface area (Å²) in [5, 5.41) is 18.6. The van der Waals surface area contributed by atoms with Crippen molar-refractivity contribution in [1.82, 2.24) is 4.90 Å². The lowest BCUT2D eigenvalue weighted by molar-refractivity contribution is 0.0765. The van der Waals surface area contributed by atoms with Gasteiger partial charge in [-0.05, 0) is 24.3 Å². The predicted octanol–water partition coefficient (Wildman–Crippen LogP) is 0.866. The number of terminal acetylenes is 2. The van der Waals surface area contributed by atoms with Crippen LogP contribution < -0.4 is 4.74 Å². The molecule has 4 nitrogen and oxygen atoms in total. The van der Waals surface area contributed by atoms with E-state index in [0.717, 1.165) is 0 Å². The fraction of sp³-hybridized carbons (Fsp3) is 0.312. The van der Waals surface area contributed by atoms with E-state index in [4.69, 9.17) is 22.8 Å². The van der Waals surface area contributed by atoms with Crippen LogP contribution in [0, 0.1) is 36.0 Å². The summed E-state index contributed by atoms with van der Waals surface area (Å²) in [5.41, 5.74) is 0.562. The third kappa shape index (κ3) is 5.46. The van der Waals surface area contributed by atoms with E-state index in [0.29, 0.717) is 30.9 Å². The fourth-order valence-corrected chi connectivity index (χ4v) is 1.61. The summed E-state index contributed by atoms with van der Waals surface area (Å²) in [5.74, 6) is 5.58. The van der Waals surface area contributed by atoms with Crippen molar-refractivity contribution < 1.29 is 9.84 Å². The highest BCUT2D eigenvalue weighted by molar-refractivity contribution is 5.34. The van der Waals surface area contributed by atoms with E-state index < -0.39 is 6.10 Å². The van der Waals surface area contributed by atoms with Crippen molar-refractivity contribution in [2.24, 2.45) is 0 Å². The van der Waals surface area contributed by atoms with E-state index in [9.17, 15) is 5.11 Å². The Morgan fingerprint density at radius 3 is 2.30 bits per heavy atom. The summed E-state index contributed by atoms with van der Waals surface area (Å²) in [4.78, 5) is 1.78. The molecule has 102 valence electrons. The molecule has 1 atom stereocenters. The predicted molar refractivity (Wildman–Crippen MR) is 76.8 cm³/mol. The monoisotopic (exact) mass is 268 g/mol. The number of hydrogen-bond acceptors (Lipinski definition) is 4. The normalized spacial score (nSPS) is 11.2. The molecule has 0 bridgehead atoms. The molecule has 0 amide bonds. The molecule has 0 heterocycles. The number of aliphatic hydroxyl groups is 1. The summed E-state index contributed by atoms with van der Waals surface area (Å²) in [7, 11) is 0. The van der Waals surface area contributed by atoms with Crippen molar-refractivity contribution in [3.05, 3.63) is 29.8 Å². The van der Waals surface area contributed by atoms with Gasteiger partial charge in [0.15, 0.2) is 0 Å². The fourth-order valence-electron chi connectivity index (χ4n) is 1.61. The van der Waals surface area contributed by atoms with Crippen LogP contribution >= 0.6 is 0 Å². The lowest BCUT2D eigenvalue weighted by Gasteiger charge is -2.20. The van der Waals surface area contributed by atoms with Gasteiger partial charge < -0.3 is 9.84 Å². The van der Waals surface area contributed by atoms with Gasteiger partial charge in [0, 0.05) is 6.54 Å². The number of hydrogen-bond donors (Lipinski definition) is 1. The van der Waals surface area contributed by atoms with Crippen LogP contribution in [0.1, 0.15) is 5.56 Å². The van der Waals surface area contributed by atoms with Gasteiger partial charge in [-0.25, -0.2) is 0 Å². The highest BCUT2D eigenvalue weighted by Gasteiger charge is 2.11. The van der Waals surface area contributed by atoms with Gasteiger partial charge >= 0.3 is 0 Å². The van der Waals surface area contributed by atoms with E-state index in [-0.39, 0.29) is 6.61 Å². The summed E-state index contributed by atoms with van der Waals surface area (Å²) in [6, 6.07) is 8.71. The summed E-state index contributed by atoms with van der Waals surface area (Å²) in [6.45, 7) is 1.26. The molecule has 0 aliphatic rings. The van der Waals surface area contributed by atoms with Crippen LogP contribution in [0.2, 0.25) is 0 Å². The standard InChI is InChI=1S/C16H16N2O2/c1-3-9-18(10-4-2)12-15(19)13-20-16-7-5-14(11-17)6-8-16/h1-2,5-8,15,19H,9-10,12-13H2. The Kier molecular flexibility index (Phi) is 6.72. The highest BCUT2D eigenvalue weighted by Crippen LogP contribution is 2.11. The number of ether oxygens (including phenoxy) is 1. The minimum Gasteiger partial charge on any atom is -0.491 e. The van der Waals surface area contributed by atoms with Crippen molar-refractivity contribution >= 4 is 0 Å². The molecular formula is C16H16N2O2. The van der Waals surface area contributed by atoms with Gasteiger partial charge in [-0.1, -0.05) is 11.8 Å². The van der Waals surface area contributed by atoms with Crippen molar-refractivity contribution in [2.75, 3.05) is 26.2 Å². The average molecular weight is 268 g/mol. The zero-order chi connectivity index (χ0) is 14.8. The molecule has 0 saturated heterocycles. The van der Waals surface area contributed by atoms with E-state index in [2.05, 4.69) is 11.8 Å². The maximum atomic E-state index is 9.88. The molecule has 0 saturated carbocycles. The van der Waals surface area contributed by atoms with Gasteiger partial charge in [-0.15, -0.1) is 12.8 Å². The zero-order valence-electron chi connectivity index (χ0n) is 11.1. The molecule has 1 unspecified atom stereocenters. The second-order valence-electron chi connectivity index (χ2n) is 4.18. The average Bonchev–Trinajstić information content (AvgIpc) is 2.46. The first-order chi connectivity index (χ1) is 9.69. The van der Waals surface area contributed by atoms with E-state index >= 15 is 0 Å². The zero-order valence-corrected chi connectivity index (χ0v) is 11.1. The number of benzene rings is 1. The quantitative estimate of drug-likeness (QED) is 0.745. The molecule has 1 N–H and O–H groups in total. The first-order valence-corrected chi connectivity index (χ1v) is 6.10. The maximum absolute atomic E-state index is 9.88. The lowest BCUT2D eigenvalue weighted by atomic mass is 10.2. The third-order valence-corrected chi connectivity index (χ3v) is 2.52. The Bertz CT molecular complexity index is 516. The Balaban J connectivity index is 2.42. The van der Waals surface area contributed by atoms with Crippen LogP contribution in [0.15, 0.2) is 24.3 Å². The van der Waals surface area contributed by atoms with Gasteiger partial charge in [0.1, 0.15) is 18.5 Å². The third-order valence-electron chi connectivity index (χ3n) is 2.52. The van der Waals surface area contributed by atoms with Crippen LogP contribution in [0.3, 0.4) is 0 Å². The number of nitrogens with zero attached hydrogens (tertiary/aromatic N) is 2. The Morgan fingerprint density at radius 1 is 1.20 bits per heavy atom. The van der Waals surface area contributed by atoms with E-state index in [1.807, 2.05) is 6.07 Å². The number of nitriles is 1. The van der Waals surface area contributed by atoms with Crippen molar-refractivity contribution in [2.45, 2.75) is 6.10 Å². The molecule has 0 aliphatic heterocycles. The first kappa shape index (κ1) is 15.6. The second-order valence-corrected chi connectivity index (χ2v) is 4.18. The summed E-state index contributed by atoms with van der Waals surface area (Å²) in [6.07, 6.45) is 9.77. The molecule has 0 radical (unpaired) electrons. The molecule has 0 spiro atoms. The Hall–Kier alpha value is -2.45. The minimum atomic E-state index is -0.688. The molecule has 1 aromatic carbocycles. The molecule has 20 heavy (non-hydrogen) atoms. The van der Waals surface area contributed by atoms with Crippen LogP contribution in [0.5, 0.6) is 5.75 Å². The second kappa shape index (κ2) is 8.62. The molecule has 1 rings (SSSR count). The smallest absolute Gasteiger partial charge is 0.119 e. The number of rotatable bonds is 7. The largest absolute Gasteiger partial charge is 0.491 e. The van der Waals surface area contributed by atoms with Gasteiger partial charge in [0.2, 0.25) is 0 Å². The van der Waals surface area contributed by atoms with Crippen molar-refractivity contribution in [1.29, 1.82) is 5.26 Å². The van der Waals surface area contributed by atoms with Crippen molar-refractivity contribution in [3.63, 3.8) is 0 Å². The molecule has 0 fully saturated rings. The van der Waals surface area contributed by atoms with Gasteiger partial charge in [-0.2, -0.15) is 5.26 Å². The lowest BCUT2D eigenvalue weighted by Crippen LogP contribution is -2.36. The Morgan fingerprint density at radius 2 is 1.80 bits per heavy atom. The summed E-state index contributed by atoms with van der Waals surface area (Å²) < 4.78 is 5.44. The van der Waals surface area contributed by atoms with E-state index in [1.165, 1.54) is 0 Å². The molecular weight excluding hydrogens is 252 g/mol. The van der Waals surface area contributed by atoms with Crippen LogP contribution in [-0.2, 0) is 0 Å². The minimum absolute atomic E-state index is 0.136. The molecule has 4 heteroatoms. The SMILES string of the molecule is C#CCN(CC#C)CC(O)COc1ccc(C#N)cc1.